The monoisotopic (exact) mass is 442 g/mol. The Balaban J connectivity index is 1.48. The van der Waals surface area contributed by atoms with Crippen LogP contribution in [0.1, 0.15) is 31.2 Å². The SMILES string of the molecule is CCCCc1nc2ccccc2c(=O)n1Cc1ccc(-c2cscc2-c2nn[nH]n2)cc1. The third-order valence-electron chi connectivity index (χ3n) is 5.55. The molecule has 5 rings (SSSR count). The van der Waals surface area contributed by atoms with E-state index in [-0.39, 0.29) is 5.56 Å². The number of hydrogen-bond acceptors (Lipinski definition) is 6. The number of nitrogens with zero attached hydrogens (tertiary/aromatic N) is 5. The van der Waals surface area contributed by atoms with Crippen molar-refractivity contribution >= 4 is 22.2 Å². The fraction of sp³-hybridized carbons (Fsp3) is 0.208. The number of para-hydroxylation sites is 1. The number of aryl methyl sites for hydroxylation is 1. The molecule has 7 nitrogen and oxygen atoms in total. The molecule has 0 atom stereocenters. The van der Waals surface area contributed by atoms with Gasteiger partial charge in [-0.05, 0) is 40.3 Å². The third-order valence-corrected chi connectivity index (χ3v) is 6.29. The van der Waals surface area contributed by atoms with Crippen LogP contribution < -0.4 is 5.56 Å². The lowest BCUT2D eigenvalue weighted by atomic mass is 10.0. The van der Waals surface area contributed by atoms with E-state index in [9.17, 15) is 4.79 Å². The summed E-state index contributed by atoms with van der Waals surface area (Å²) in [5, 5.41) is 19.1. The molecule has 0 unspecified atom stereocenters. The van der Waals surface area contributed by atoms with Gasteiger partial charge in [-0.25, -0.2) is 4.98 Å². The van der Waals surface area contributed by atoms with Crippen LogP contribution in [0.15, 0.2) is 64.1 Å². The average Bonchev–Trinajstić information content (AvgIpc) is 3.52. The largest absolute Gasteiger partial charge is 0.292 e. The van der Waals surface area contributed by atoms with Gasteiger partial charge in [0.15, 0.2) is 0 Å². The zero-order valence-corrected chi connectivity index (χ0v) is 18.5. The first-order valence-electron chi connectivity index (χ1n) is 10.6. The molecule has 0 radical (unpaired) electrons. The lowest BCUT2D eigenvalue weighted by Gasteiger charge is -2.14. The molecule has 32 heavy (non-hydrogen) atoms. The number of tetrazole rings is 1. The molecule has 0 amide bonds. The molecule has 0 bridgehead atoms. The van der Waals surface area contributed by atoms with Crippen LogP contribution in [0.4, 0.5) is 0 Å². The van der Waals surface area contributed by atoms with Crippen molar-refractivity contribution in [2.75, 3.05) is 0 Å². The molecule has 3 heterocycles. The van der Waals surface area contributed by atoms with E-state index in [0.717, 1.165) is 52.9 Å². The van der Waals surface area contributed by atoms with Crippen molar-refractivity contribution in [3.8, 4) is 22.5 Å². The van der Waals surface area contributed by atoms with Crippen LogP contribution in [0, 0.1) is 0 Å². The van der Waals surface area contributed by atoms with Gasteiger partial charge >= 0.3 is 0 Å². The van der Waals surface area contributed by atoms with Crippen molar-refractivity contribution in [1.82, 2.24) is 30.2 Å². The summed E-state index contributed by atoms with van der Waals surface area (Å²) in [6.45, 7) is 2.65. The Bertz CT molecular complexity index is 1400. The minimum absolute atomic E-state index is 0.0167. The summed E-state index contributed by atoms with van der Waals surface area (Å²) in [7, 11) is 0. The normalized spacial score (nSPS) is 11.3. The Morgan fingerprint density at radius 1 is 1.03 bits per heavy atom. The molecule has 1 N–H and O–H groups in total. The molecule has 5 aromatic rings. The standard InChI is InChI=1S/C24H22N6OS/c1-2-3-8-22-25-21-7-5-4-6-18(21)24(31)30(22)13-16-9-11-17(12-10-16)19-14-32-15-20(19)23-26-28-29-27-23/h4-7,9-12,14-15H,2-3,8,13H2,1H3,(H,26,27,28,29). The van der Waals surface area contributed by atoms with Crippen molar-refractivity contribution < 1.29 is 0 Å². The van der Waals surface area contributed by atoms with E-state index in [1.807, 2.05) is 34.2 Å². The summed E-state index contributed by atoms with van der Waals surface area (Å²) >= 11 is 1.60. The quantitative estimate of drug-likeness (QED) is 0.395. The Morgan fingerprint density at radius 2 is 1.84 bits per heavy atom. The van der Waals surface area contributed by atoms with Gasteiger partial charge in [-0.15, -0.1) is 10.2 Å². The number of fused-ring (bicyclic) bond motifs is 1. The predicted molar refractivity (Wildman–Crippen MR) is 127 cm³/mol. The number of aromatic nitrogens is 6. The fourth-order valence-electron chi connectivity index (χ4n) is 3.84. The van der Waals surface area contributed by atoms with Gasteiger partial charge in [0.05, 0.1) is 17.4 Å². The minimum Gasteiger partial charge on any atom is -0.292 e. The van der Waals surface area contributed by atoms with Crippen molar-refractivity contribution in [2.45, 2.75) is 32.7 Å². The summed E-state index contributed by atoms with van der Waals surface area (Å²) < 4.78 is 1.82. The van der Waals surface area contributed by atoms with E-state index in [0.29, 0.717) is 17.8 Å². The number of aromatic amines is 1. The van der Waals surface area contributed by atoms with E-state index in [2.05, 4.69) is 57.2 Å². The first-order chi connectivity index (χ1) is 15.7. The highest BCUT2D eigenvalue weighted by molar-refractivity contribution is 7.08. The second kappa shape index (κ2) is 8.84. The Hall–Kier alpha value is -3.65. The fourth-order valence-corrected chi connectivity index (χ4v) is 4.68. The number of unbranched alkanes of at least 4 members (excludes halogenated alkanes) is 1. The van der Waals surface area contributed by atoms with Gasteiger partial charge in [-0.1, -0.05) is 49.7 Å². The van der Waals surface area contributed by atoms with Crippen LogP contribution in [-0.4, -0.2) is 30.2 Å². The Kier molecular flexibility index (Phi) is 5.60. The molecule has 0 saturated carbocycles. The average molecular weight is 443 g/mol. The van der Waals surface area contributed by atoms with Crippen LogP contribution >= 0.6 is 11.3 Å². The maximum atomic E-state index is 13.2. The Labute approximate surface area is 188 Å². The molecule has 0 saturated heterocycles. The minimum atomic E-state index is 0.0167. The second-order valence-corrected chi connectivity index (χ2v) is 8.42. The van der Waals surface area contributed by atoms with Gasteiger partial charge in [0.2, 0.25) is 5.82 Å². The topological polar surface area (TPSA) is 89.4 Å². The van der Waals surface area contributed by atoms with Gasteiger partial charge in [0.1, 0.15) is 5.82 Å². The molecule has 2 aromatic carbocycles. The highest BCUT2D eigenvalue weighted by Crippen LogP contribution is 2.33. The highest BCUT2D eigenvalue weighted by Gasteiger charge is 2.14. The van der Waals surface area contributed by atoms with Crippen molar-refractivity contribution in [3.63, 3.8) is 0 Å². The van der Waals surface area contributed by atoms with Crippen LogP contribution in [0.3, 0.4) is 0 Å². The number of benzene rings is 2. The van der Waals surface area contributed by atoms with E-state index in [1.165, 1.54) is 0 Å². The first kappa shape index (κ1) is 20.3. The molecular formula is C24H22N6OS. The maximum Gasteiger partial charge on any atom is 0.261 e. The van der Waals surface area contributed by atoms with Crippen molar-refractivity contribution in [2.24, 2.45) is 0 Å². The molecule has 160 valence electrons. The predicted octanol–water partition coefficient (Wildman–Crippen LogP) is 4.70. The lowest BCUT2D eigenvalue weighted by Crippen LogP contribution is -2.26. The molecule has 0 aliphatic carbocycles. The van der Waals surface area contributed by atoms with Crippen LogP contribution in [0.5, 0.6) is 0 Å². The summed E-state index contributed by atoms with van der Waals surface area (Å²) in [5.74, 6) is 1.43. The highest BCUT2D eigenvalue weighted by atomic mass is 32.1. The van der Waals surface area contributed by atoms with Crippen LogP contribution in [0.25, 0.3) is 33.4 Å². The van der Waals surface area contributed by atoms with Crippen LogP contribution in [-0.2, 0) is 13.0 Å². The number of rotatable bonds is 7. The van der Waals surface area contributed by atoms with E-state index < -0.39 is 0 Å². The van der Waals surface area contributed by atoms with Gasteiger partial charge in [0, 0.05) is 22.9 Å². The molecule has 0 aliphatic rings. The zero-order valence-electron chi connectivity index (χ0n) is 17.7. The van der Waals surface area contributed by atoms with Crippen molar-refractivity contribution in [3.05, 3.63) is 81.0 Å². The molecule has 3 aromatic heterocycles. The number of thiophene rings is 1. The Morgan fingerprint density at radius 3 is 2.62 bits per heavy atom. The maximum absolute atomic E-state index is 13.2. The summed E-state index contributed by atoms with van der Waals surface area (Å²) in [6, 6.07) is 15.9. The molecular weight excluding hydrogens is 420 g/mol. The first-order valence-corrected chi connectivity index (χ1v) is 11.6. The summed E-state index contributed by atoms with van der Waals surface area (Å²) in [6.07, 6.45) is 2.85. The molecule has 8 heteroatoms. The summed E-state index contributed by atoms with van der Waals surface area (Å²) in [4.78, 5) is 18.1. The van der Waals surface area contributed by atoms with Gasteiger partial charge in [-0.2, -0.15) is 16.6 Å². The smallest absolute Gasteiger partial charge is 0.261 e. The van der Waals surface area contributed by atoms with E-state index in [1.54, 1.807) is 11.3 Å². The van der Waals surface area contributed by atoms with Crippen molar-refractivity contribution in [1.29, 1.82) is 0 Å². The number of hydrogen-bond donors (Lipinski definition) is 1. The van der Waals surface area contributed by atoms with Gasteiger partial charge in [-0.3, -0.25) is 9.36 Å². The third kappa shape index (κ3) is 3.85. The number of nitrogens with one attached hydrogen (secondary N) is 1. The lowest BCUT2D eigenvalue weighted by molar-refractivity contribution is 0.646. The second-order valence-electron chi connectivity index (χ2n) is 7.67. The van der Waals surface area contributed by atoms with Crippen LogP contribution in [0.2, 0.25) is 0 Å². The zero-order chi connectivity index (χ0) is 21.9. The number of H-pyrrole nitrogens is 1. The van der Waals surface area contributed by atoms with E-state index in [4.69, 9.17) is 4.98 Å². The van der Waals surface area contributed by atoms with Gasteiger partial charge < -0.3 is 0 Å². The van der Waals surface area contributed by atoms with Gasteiger partial charge in [0.25, 0.3) is 5.56 Å². The summed E-state index contributed by atoms with van der Waals surface area (Å²) in [5.41, 5.74) is 4.93. The molecule has 0 fully saturated rings. The molecule has 0 spiro atoms. The molecule has 0 aliphatic heterocycles. The van der Waals surface area contributed by atoms with E-state index >= 15 is 0 Å².